The van der Waals surface area contributed by atoms with Crippen LogP contribution in [-0.2, 0) is 4.74 Å². The lowest BCUT2D eigenvalue weighted by Gasteiger charge is -2.30. The molecule has 1 aliphatic rings. The summed E-state index contributed by atoms with van der Waals surface area (Å²) < 4.78 is 5.06. The Bertz CT molecular complexity index is 180. The van der Waals surface area contributed by atoms with Crippen LogP contribution in [0.3, 0.4) is 0 Å². The van der Waals surface area contributed by atoms with Crippen LogP contribution in [0.15, 0.2) is 0 Å². The van der Waals surface area contributed by atoms with Crippen LogP contribution >= 0.6 is 11.8 Å². The van der Waals surface area contributed by atoms with Crippen LogP contribution in [0.25, 0.3) is 0 Å². The Morgan fingerprint density at radius 1 is 1.44 bits per heavy atom. The molecule has 0 bridgehead atoms. The van der Waals surface area contributed by atoms with Crippen molar-refractivity contribution < 1.29 is 4.74 Å². The van der Waals surface area contributed by atoms with Gasteiger partial charge in [0.2, 0.25) is 0 Å². The molecule has 0 aromatic heterocycles. The van der Waals surface area contributed by atoms with Crippen molar-refractivity contribution in [1.82, 2.24) is 10.2 Å². The Labute approximate surface area is 104 Å². The van der Waals surface area contributed by atoms with E-state index in [2.05, 4.69) is 35.9 Å². The van der Waals surface area contributed by atoms with Crippen molar-refractivity contribution in [3.8, 4) is 0 Å². The van der Waals surface area contributed by atoms with E-state index in [9.17, 15) is 0 Å². The highest BCUT2D eigenvalue weighted by Gasteiger charge is 2.20. The monoisotopic (exact) mass is 246 g/mol. The maximum atomic E-state index is 5.06. The zero-order valence-electron chi connectivity index (χ0n) is 10.9. The van der Waals surface area contributed by atoms with E-state index in [1.54, 1.807) is 7.11 Å². The summed E-state index contributed by atoms with van der Waals surface area (Å²) in [7, 11) is 3.91. The second-order valence-corrected chi connectivity index (χ2v) is 6.06. The van der Waals surface area contributed by atoms with Gasteiger partial charge in [0.05, 0.1) is 6.61 Å². The maximum Gasteiger partial charge on any atom is 0.0589 e. The minimum Gasteiger partial charge on any atom is -0.383 e. The molecule has 96 valence electrons. The van der Waals surface area contributed by atoms with Gasteiger partial charge in [0.15, 0.2) is 0 Å². The molecule has 2 atom stereocenters. The van der Waals surface area contributed by atoms with Gasteiger partial charge in [-0.2, -0.15) is 11.8 Å². The molecule has 1 fully saturated rings. The second kappa shape index (κ2) is 8.34. The highest BCUT2D eigenvalue weighted by Crippen LogP contribution is 2.24. The fourth-order valence-corrected chi connectivity index (χ4v) is 3.16. The maximum absolute atomic E-state index is 5.06. The van der Waals surface area contributed by atoms with E-state index in [1.807, 2.05) is 0 Å². The number of likely N-dealkylation sites (N-methyl/N-ethyl adjacent to an activating group) is 1. The summed E-state index contributed by atoms with van der Waals surface area (Å²) >= 11 is 2.10. The van der Waals surface area contributed by atoms with Gasteiger partial charge in [-0.1, -0.05) is 6.92 Å². The average molecular weight is 246 g/mol. The highest BCUT2D eigenvalue weighted by molar-refractivity contribution is 7.99. The van der Waals surface area contributed by atoms with Crippen molar-refractivity contribution in [2.45, 2.75) is 31.1 Å². The SMILES string of the molecule is COCCN(C)CCNC1CCCSC1C. The third-order valence-electron chi connectivity index (χ3n) is 3.18. The van der Waals surface area contributed by atoms with Gasteiger partial charge in [0, 0.05) is 38.0 Å². The highest BCUT2D eigenvalue weighted by atomic mass is 32.2. The molecule has 3 nitrogen and oxygen atoms in total. The van der Waals surface area contributed by atoms with Crippen LogP contribution in [0.1, 0.15) is 19.8 Å². The Hall–Kier alpha value is 0.230. The largest absolute Gasteiger partial charge is 0.383 e. The minimum atomic E-state index is 0.717. The Kier molecular flexibility index (Phi) is 7.45. The molecule has 1 N–H and O–H groups in total. The van der Waals surface area contributed by atoms with E-state index in [1.165, 1.54) is 18.6 Å². The molecular weight excluding hydrogens is 220 g/mol. The van der Waals surface area contributed by atoms with Crippen LogP contribution in [0.5, 0.6) is 0 Å². The molecule has 0 amide bonds. The van der Waals surface area contributed by atoms with E-state index >= 15 is 0 Å². The molecule has 1 rings (SSSR count). The van der Waals surface area contributed by atoms with E-state index in [-0.39, 0.29) is 0 Å². The van der Waals surface area contributed by atoms with Gasteiger partial charge in [-0.15, -0.1) is 0 Å². The first-order valence-corrected chi connectivity index (χ1v) is 7.31. The number of rotatable bonds is 7. The third kappa shape index (κ3) is 5.53. The minimum absolute atomic E-state index is 0.717. The molecule has 0 spiro atoms. The van der Waals surface area contributed by atoms with Crippen LogP contribution < -0.4 is 5.32 Å². The summed E-state index contributed by atoms with van der Waals surface area (Å²) in [5.74, 6) is 1.34. The normalized spacial score (nSPS) is 26.2. The summed E-state index contributed by atoms with van der Waals surface area (Å²) in [4.78, 5) is 2.32. The second-order valence-electron chi connectivity index (χ2n) is 4.57. The Morgan fingerprint density at radius 3 is 2.94 bits per heavy atom. The van der Waals surface area contributed by atoms with Crippen molar-refractivity contribution in [3.63, 3.8) is 0 Å². The lowest BCUT2D eigenvalue weighted by molar-refractivity contribution is 0.161. The van der Waals surface area contributed by atoms with Crippen LogP contribution in [0.2, 0.25) is 0 Å². The number of hydrogen-bond acceptors (Lipinski definition) is 4. The quantitative estimate of drug-likeness (QED) is 0.735. The summed E-state index contributed by atoms with van der Waals surface area (Å²) in [6, 6.07) is 0.717. The molecule has 16 heavy (non-hydrogen) atoms. The van der Waals surface area contributed by atoms with Crippen molar-refractivity contribution in [1.29, 1.82) is 0 Å². The van der Waals surface area contributed by atoms with Crippen molar-refractivity contribution in [2.75, 3.05) is 46.2 Å². The van der Waals surface area contributed by atoms with Gasteiger partial charge in [-0.25, -0.2) is 0 Å². The van der Waals surface area contributed by atoms with Crippen molar-refractivity contribution >= 4 is 11.8 Å². The summed E-state index contributed by atoms with van der Waals surface area (Å²) in [6.45, 7) is 6.39. The Balaban J connectivity index is 2.05. The molecule has 1 aliphatic heterocycles. The van der Waals surface area contributed by atoms with Gasteiger partial charge in [0.1, 0.15) is 0 Å². The molecule has 0 saturated carbocycles. The summed E-state index contributed by atoms with van der Waals surface area (Å²) in [5, 5.41) is 4.45. The van der Waals surface area contributed by atoms with Crippen LogP contribution in [0.4, 0.5) is 0 Å². The number of hydrogen-bond donors (Lipinski definition) is 1. The number of nitrogens with zero attached hydrogens (tertiary/aromatic N) is 1. The van der Waals surface area contributed by atoms with Crippen molar-refractivity contribution in [2.24, 2.45) is 0 Å². The van der Waals surface area contributed by atoms with Gasteiger partial charge in [-0.05, 0) is 25.6 Å². The molecule has 4 heteroatoms. The Morgan fingerprint density at radius 2 is 2.25 bits per heavy atom. The van der Waals surface area contributed by atoms with Gasteiger partial charge in [-0.3, -0.25) is 0 Å². The zero-order valence-corrected chi connectivity index (χ0v) is 11.7. The summed E-state index contributed by atoms with van der Waals surface area (Å²) in [6.07, 6.45) is 2.71. The van der Waals surface area contributed by atoms with Crippen LogP contribution in [0, 0.1) is 0 Å². The topological polar surface area (TPSA) is 24.5 Å². The molecule has 0 aromatic carbocycles. The van der Waals surface area contributed by atoms with E-state index in [0.717, 1.165) is 37.5 Å². The molecule has 1 heterocycles. The fourth-order valence-electron chi connectivity index (χ4n) is 1.99. The predicted octanol–water partition coefficient (Wildman–Crippen LogP) is 1.44. The van der Waals surface area contributed by atoms with E-state index in [4.69, 9.17) is 4.74 Å². The van der Waals surface area contributed by atoms with Gasteiger partial charge >= 0.3 is 0 Å². The molecule has 0 aromatic rings. The first-order valence-electron chi connectivity index (χ1n) is 6.26. The molecule has 2 unspecified atom stereocenters. The lowest BCUT2D eigenvalue weighted by atomic mass is 10.1. The van der Waals surface area contributed by atoms with E-state index in [0.29, 0.717) is 0 Å². The average Bonchev–Trinajstić information content (AvgIpc) is 2.29. The van der Waals surface area contributed by atoms with Crippen LogP contribution in [-0.4, -0.2) is 62.3 Å². The smallest absolute Gasteiger partial charge is 0.0589 e. The summed E-state index contributed by atoms with van der Waals surface area (Å²) in [5.41, 5.74) is 0. The van der Waals surface area contributed by atoms with Gasteiger partial charge in [0.25, 0.3) is 0 Å². The first kappa shape index (κ1) is 14.3. The third-order valence-corrected chi connectivity index (χ3v) is 4.56. The molecular formula is C12H26N2OS. The molecule has 0 radical (unpaired) electrons. The van der Waals surface area contributed by atoms with E-state index < -0.39 is 0 Å². The lowest BCUT2D eigenvalue weighted by Crippen LogP contribution is -2.42. The number of nitrogens with one attached hydrogen (secondary N) is 1. The molecule has 0 aliphatic carbocycles. The predicted molar refractivity (Wildman–Crippen MR) is 72.3 cm³/mol. The van der Waals surface area contributed by atoms with Crippen molar-refractivity contribution in [3.05, 3.63) is 0 Å². The van der Waals surface area contributed by atoms with Gasteiger partial charge < -0.3 is 15.0 Å². The number of methoxy groups -OCH3 is 1. The number of thioether (sulfide) groups is 1. The zero-order chi connectivity index (χ0) is 11.8. The molecule has 1 saturated heterocycles. The number of ether oxygens (including phenoxy) is 1. The first-order chi connectivity index (χ1) is 7.74. The fraction of sp³-hybridized carbons (Fsp3) is 1.00. The standard InChI is InChI=1S/C12H26N2OS/c1-11-12(5-4-10-16-11)13-6-7-14(2)8-9-15-3/h11-13H,4-10H2,1-3H3.